The molecule has 6 heteroatoms. The van der Waals surface area contributed by atoms with Crippen molar-refractivity contribution < 1.29 is 23.8 Å². The van der Waals surface area contributed by atoms with E-state index in [-0.39, 0.29) is 17.8 Å². The Balaban J connectivity index is 1.79. The summed E-state index contributed by atoms with van der Waals surface area (Å²) in [5.74, 6) is -0.596. The van der Waals surface area contributed by atoms with Gasteiger partial charge in [-0.15, -0.1) is 0 Å². The Labute approximate surface area is 200 Å². The van der Waals surface area contributed by atoms with Crippen LogP contribution in [0.3, 0.4) is 0 Å². The number of rotatable bonds is 6. The summed E-state index contributed by atoms with van der Waals surface area (Å²) in [6.45, 7) is 8.46. The first-order valence-corrected chi connectivity index (χ1v) is 11.4. The molecule has 2 unspecified atom stereocenters. The summed E-state index contributed by atoms with van der Waals surface area (Å²) in [4.78, 5) is 26.9. The molecule has 178 valence electrons. The molecule has 1 N–H and O–H groups in total. The van der Waals surface area contributed by atoms with Crippen molar-refractivity contribution in [2.75, 3.05) is 14.2 Å². The predicted molar refractivity (Wildman–Crippen MR) is 129 cm³/mol. The van der Waals surface area contributed by atoms with Gasteiger partial charge in [0, 0.05) is 40.9 Å². The predicted octanol–water partition coefficient (Wildman–Crippen LogP) is 4.91. The van der Waals surface area contributed by atoms with Crippen LogP contribution in [0.15, 0.2) is 72.1 Å². The molecular weight excluding hydrogens is 430 g/mol. The van der Waals surface area contributed by atoms with Gasteiger partial charge < -0.3 is 19.5 Å². The lowest BCUT2D eigenvalue weighted by atomic mass is 9.66. The molecule has 1 aliphatic carbocycles. The maximum absolute atomic E-state index is 13.5. The van der Waals surface area contributed by atoms with Crippen LogP contribution in [0.5, 0.6) is 11.5 Å². The van der Waals surface area contributed by atoms with Crippen molar-refractivity contribution in [3.05, 3.63) is 83.2 Å². The smallest absolute Gasteiger partial charge is 0.316 e. The highest BCUT2D eigenvalue weighted by atomic mass is 16.5. The number of allylic oxidation sites excluding steroid dienone is 2. The van der Waals surface area contributed by atoms with Crippen molar-refractivity contribution in [2.45, 2.75) is 39.2 Å². The molecule has 0 radical (unpaired) electrons. The number of ether oxygens (including phenoxy) is 3. The van der Waals surface area contributed by atoms with E-state index in [1.165, 1.54) is 0 Å². The minimum atomic E-state index is -0.782. The summed E-state index contributed by atoms with van der Waals surface area (Å²) in [6.07, 6.45) is 1.09. The van der Waals surface area contributed by atoms with Crippen LogP contribution in [0.4, 0.5) is 0 Å². The van der Waals surface area contributed by atoms with Crippen molar-refractivity contribution in [1.82, 2.24) is 5.32 Å². The Morgan fingerprint density at radius 1 is 1.09 bits per heavy atom. The Kier molecular flexibility index (Phi) is 6.51. The SMILES string of the molecule is C=C1NC2=C(C(=O)CC(C)(C)C2)C(c2ccc(OC)cc2OC)C1C(=O)OCc1ccccc1. The fraction of sp³-hybridized carbons (Fsp3) is 0.357. The molecule has 1 heterocycles. The first-order valence-electron chi connectivity index (χ1n) is 11.4. The third-order valence-electron chi connectivity index (χ3n) is 6.50. The van der Waals surface area contributed by atoms with E-state index in [1.54, 1.807) is 20.3 Å². The summed E-state index contributed by atoms with van der Waals surface area (Å²) >= 11 is 0. The molecule has 2 aromatic carbocycles. The van der Waals surface area contributed by atoms with Gasteiger partial charge in [0.1, 0.15) is 24.0 Å². The molecule has 0 spiro atoms. The molecule has 2 aromatic rings. The van der Waals surface area contributed by atoms with Crippen LogP contribution in [0.1, 0.15) is 43.7 Å². The Morgan fingerprint density at radius 2 is 1.82 bits per heavy atom. The third-order valence-corrected chi connectivity index (χ3v) is 6.50. The average Bonchev–Trinajstić information content (AvgIpc) is 2.81. The van der Waals surface area contributed by atoms with Crippen molar-refractivity contribution >= 4 is 11.8 Å². The van der Waals surface area contributed by atoms with E-state index >= 15 is 0 Å². The first-order chi connectivity index (χ1) is 16.2. The topological polar surface area (TPSA) is 73.9 Å². The highest BCUT2D eigenvalue weighted by Crippen LogP contribution is 2.50. The summed E-state index contributed by atoms with van der Waals surface area (Å²) in [6, 6.07) is 14.9. The normalized spacial score (nSPS) is 21.4. The highest BCUT2D eigenvalue weighted by Gasteiger charge is 2.47. The molecule has 6 nitrogen and oxygen atoms in total. The second kappa shape index (κ2) is 9.37. The Morgan fingerprint density at radius 3 is 2.50 bits per heavy atom. The number of hydrogen-bond acceptors (Lipinski definition) is 6. The summed E-state index contributed by atoms with van der Waals surface area (Å²) in [7, 11) is 3.15. The number of carbonyl (C=O) groups excluding carboxylic acids is 2. The molecular formula is C28H31NO5. The van der Waals surface area contributed by atoms with Gasteiger partial charge in [0.25, 0.3) is 0 Å². The second-order valence-corrected chi connectivity index (χ2v) is 9.64. The molecule has 0 fully saturated rings. The van der Waals surface area contributed by atoms with Crippen LogP contribution < -0.4 is 14.8 Å². The fourth-order valence-corrected chi connectivity index (χ4v) is 4.95. The third kappa shape index (κ3) is 4.58. The van der Waals surface area contributed by atoms with E-state index < -0.39 is 17.8 Å². The number of benzene rings is 2. The van der Waals surface area contributed by atoms with Crippen LogP contribution in [-0.4, -0.2) is 26.0 Å². The molecule has 0 bridgehead atoms. The molecule has 0 aromatic heterocycles. The van der Waals surface area contributed by atoms with E-state index in [1.807, 2.05) is 42.5 Å². The lowest BCUT2D eigenvalue weighted by Gasteiger charge is -2.42. The van der Waals surface area contributed by atoms with Gasteiger partial charge in [-0.2, -0.15) is 0 Å². The molecule has 0 amide bonds. The molecule has 4 rings (SSSR count). The maximum Gasteiger partial charge on any atom is 0.316 e. The van der Waals surface area contributed by atoms with E-state index in [2.05, 4.69) is 25.7 Å². The van der Waals surface area contributed by atoms with Crippen molar-refractivity contribution in [3.8, 4) is 11.5 Å². The molecule has 34 heavy (non-hydrogen) atoms. The van der Waals surface area contributed by atoms with Crippen molar-refractivity contribution in [1.29, 1.82) is 0 Å². The quantitative estimate of drug-likeness (QED) is 0.617. The van der Waals surface area contributed by atoms with Gasteiger partial charge in [-0.25, -0.2) is 0 Å². The van der Waals surface area contributed by atoms with Crippen LogP contribution in [0, 0.1) is 11.3 Å². The fourth-order valence-electron chi connectivity index (χ4n) is 4.95. The molecule has 1 aliphatic heterocycles. The molecule has 2 aliphatic rings. The first kappa shape index (κ1) is 23.6. The average molecular weight is 462 g/mol. The maximum atomic E-state index is 13.5. The van der Waals surface area contributed by atoms with Crippen LogP contribution in [-0.2, 0) is 20.9 Å². The van der Waals surface area contributed by atoms with Gasteiger partial charge in [0.05, 0.1) is 14.2 Å². The lowest BCUT2D eigenvalue weighted by Crippen LogP contribution is -2.43. The number of esters is 1. The monoisotopic (exact) mass is 461 g/mol. The van der Waals surface area contributed by atoms with Crippen molar-refractivity contribution in [2.24, 2.45) is 11.3 Å². The lowest BCUT2D eigenvalue weighted by molar-refractivity contribution is -0.149. The van der Waals surface area contributed by atoms with Gasteiger partial charge in [0.2, 0.25) is 0 Å². The molecule has 0 saturated heterocycles. The number of carbonyl (C=O) groups is 2. The second-order valence-electron chi connectivity index (χ2n) is 9.64. The standard InChI is InChI=1S/C28H31NO5/c1-17-24(27(31)34-16-18-9-7-6-8-10-18)25(20-12-11-19(32-4)13-23(20)33-5)26-21(29-17)14-28(2,3)15-22(26)30/h6-13,24-25,29H,1,14-16H2,2-5H3. The zero-order valence-electron chi connectivity index (χ0n) is 20.1. The van der Waals surface area contributed by atoms with E-state index in [9.17, 15) is 9.59 Å². The van der Waals surface area contributed by atoms with Crippen LogP contribution >= 0.6 is 0 Å². The minimum absolute atomic E-state index is 0.0231. The van der Waals surface area contributed by atoms with E-state index in [4.69, 9.17) is 14.2 Å². The number of Topliss-reactive ketones (excluding diaryl/α,β-unsaturated/α-hetero) is 1. The number of ketones is 1. The van der Waals surface area contributed by atoms with Crippen molar-refractivity contribution in [3.63, 3.8) is 0 Å². The highest BCUT2D eigenvalue weighted by molar-refractivity contribution is 6.01. The van der Waals surface area contributed by atoms with Crippen LogP contribution in [0.25, 0.3) is 0 Å². The summed E-state index contributed by atoms with van der Waals surface area (Å²) in [5, 5.41) is 3.29. The van der Waals surface area contributed by atoms with Gasteiger partial charge in [-0.1, -0.05) is 56.8 Å². The van der Waals surface area contributed by atoms with E-state index in [0.29, 0.717) is 35.6 Å². The van der Waals surface area contributed by atoms with Gasteiger partial charge in [0.15, 0.2) is 5.78 Å². The molecule has 2 atom stereocenters. The molecule has 0 saturated carbocycles. The van der Waals surface area contributed by atoms with E-state index in [0.717, 1.165) is 16.8 Å². The zero-order valence-corrected chi connectivity index (χ0v) is 20.1. The largest absolute Gasteiger partial charge is 0.497 e. The number of methoxy groups -OCH3 is 2. The van der Waals surface area contributed by atoms with Crippen LogP contribution in [0.2, 0.25) is 0 Å². The summed E-state index contributed by atoms with van der Waals surface area (Å²) < 4.78 is 16.8. The minimum Gasteiger partial charge on any atom is -0.497 e. The summed E-state index contributed by atoms with van der Waals surface area (Å²) in [5.41, 5.74) is 3.38. The Hall–Kier alpha value is -3.54. The zero-order chi connectivity index (χ0) is 24.5. The number of nitrogens with one attached hydrogen (secondary N) is 1. The number of hydrogen-bond donors (Lipinski definition) is 1. The Bertz CT molecular complexity index is 1150. The van der Waals surface area contributed by atoms with Gasteiger partial charge in [-0.3, -0.25) is 9.59 Å². The van der Waals surface area contributed by atoms with Gasteiger partial charge in [-0.05, 0) is 23.5 Å². The van der Waals surface area contributed by atoms with Gasteiger partial charge >= 0.3 is 5.97 Å².